The highest BCUT2D eigenvalue weighted by Crippen LogP contribution is 2.26. The van der Waals surface area contributed by atoms with E-state index in [9.17, 15) is 26.7 Å². The van der Waals surface area contributed by atoms with E-state index in [0.717, 1.165) is 10.8 Å². The van der Waals surface area contributed by atoms with Crippen LogP contribution in [-0.2, 0) is 0 Å². The Morgan fingerprint density at radius 1 is 0.720 bits per heavy atom. The molecule has 1 amide bonds. The molecule has 3 rings (SSSR count). The van der Waals surface area contributed by atoms with Gasteiger partial charge in [-0.1, -0.05) is 30.3 Å². The summed E-state index contributed by atoms with van der Waals surface area (Å²) in [7, 11) is 0. The van der Waals surface area contributed by atoms with Crippen LogP contribution in [0.2, 0.25) is 0 Å². The van der Waals surface area contributed by atoms with Crippen molar-refractivity contribution in [3.63, 3.8) is 0 Å². The highest BCUT2D eigenvalue weighted by atomic mass is 19.2. The lowest BCUT2D eigenvalue weighted by atomic mass is 10.1. The third-order valence-electron chi connectivity index (χ3n) is 3.52. The summed E-state index contributed by atoms with van der Waals surface area (Å²) in [6.45, 7) is 0. The maximum Gasteiger partial charge on any atom is 0.269 e. The molecule has 0 fully saturated rings. The van der Waals surface area contributed by atoms with E-state index in [4.69, 9.17) is 0 Å². The standard InChI is InChI=1S/C17H9F5N2O/c18-11-12(19)14(21)16(15(22)13(11)20)23-24-17(25)10-6-5-8-3-1-2-4-9(8)7-10/h1-7,23H,(H,24,25). The Hall–Kier alpha value is -3.16. The fraction of sp³-hybridized carbons (Fsp3) is 0. The highest BCUT2D eigenvalue weighted by Gasteiger charge is 2.26. The lowest BCUT2D eigenvalue weighted by molar-refractivity contribution is 0.0962. The SMILES string of the molecule is O=C(NNc1c(F)c(F)c(F)c(F)c1F)c1ccc2ccccc2c1. The first kappa shape index (κ1) is 16.7. The summed E-state index contributed by atoms with van der Waals surface area (Å²) in [4.78, 5) is 12.0. The Labute approximate surface area is 138 Å². The zero-order chi connectivity index (χ0) is 18.1. The molecule has 0 aliphatic carbocycles. The van der Waals surface area contributed by atoms with Gasteiger partial charge < -0.3 is 0 Å². The number of fused-ring (bicyclic) bond motifs is 1. The molecule has 0 atom stereocenters. The van der Waals surface area contributed by atoms with Gasteiger partial charge in [0.05, 0.1) is 0 Å². The third-order valence-corrected chi connectivity index (χ3v) is 3.52. The number of benzene rings is 3. The molecule has 0 saturated carbocycles. The van der Waals surface area contributed by atoms with Crippen molar-refractivity contribution in [3.05, 3.63) is 77.1 Å². The average Bonchev–Trinajstić information content (AvgIpc) is 2.64. The molecule has 0 bridgehead atoms. The Morgan fingerprint density at radius 3 is 1.92 bits per heavy atom. The topological polar surface area (TPSA) is 41.1 Å². The van der Waals surface area contributed by atoms with Gasteiger partial charge in [0.1, 0.15) is 5.69 Å². The summed E-state index contributed by atoms with van der Waals surface area (Å²) >= 11 is 0. The van der Waals surface area contributed by atoms with Crippen LogP contribution in [0.1, 0.15) is 10.4 Å². The summed E-state index contributed by atoms with van der Waals surface area (Å²) in [6, 6.07) is 11.8. The molecule has 0 aromatic heterocycles. The number of anilines is 1. The van der Waals surface area contributed by atoms with E-state index in [0.29, 0.717) is 0 Å². The second-order valence-electron chi connectivity index (χ2n) is 5.09. The second-order valence-corrected chi connectivity index (χ2v) is 5.09. The maximum absolute atomic E-state index is 13.5. The largest absolute Gasteiger partial charge is 0.293 e. The predicted octanol–water partition coefficient (Wildman–Crippen LogP) is 4.29. The van der Waals surface area contributed by atoms with Gasteiger partial charge in [-0.2, -0.15) is 0 Å². The minimum Gasteiger partial charge on any atom is -0.293 e. The Morgan fingerprint density at radius 2 is 1.28 bits per heavy atom. The minimum atomic E-state index is -2.28. The first-order chi connectivity index (χ1) is 11.9. The fourth-order valence-corrected chi connectivity index (χ4v) is 2.24. The van der Waals surface area contributed by atoms with Gasteiger partial charge in [0.15, 0.2) is 23.3 Å². The molecule has 0 aliphatic heterocycles. The van der Waals surface area contributed by atoms with Gasteiger partial charge >= 0.3 is 0 Å². The molecule has 0 saturated heterocycles. The van der Waals surface area contributed by atoms with Crippen molar-refractivity contribution < 1.29 is 26.7 Å². The van der Waals surface area contributed by atoms with Gasteiger partial charge in [0.25, 0.3) is 5.91 Å². The molecule has 3 nitrogen and oxygen atoms in total. The van der Waals surface area contributed by atoms with Crippen LogP contribution in [0.4, 0.5) is 27.6 Å². The molecule has 0 unspecified atom stereocenters. The van der Waals surface area contributed by atoms with Crippen LogP contribution in [0.15, 0.2) is 42.5 Å². The maximum atomic E-state index is 13.5. The number of hydrogen-bond donors (Lipinski definition) is 2. The number of nitrogens with one attached hydrogen (secondary N) is 2. The van der Waals surface area contributed by atoms with E-state index in [-0.39, 0.29) is 5.56 Å². The Kier molecular flexibility index (Phi) is 4.26. The molecule has 8 heteroatoms. The molecular formula is C17H9F5N2O. The van der Waals surface area contributed by atoms with Gasteiger partial charge in [-0.05, 0) is 22.9 Å². The molecule has 25 heavy (non-hydrogen) atoms. The van der Waals surface area contributed by atoms with Crippen LogP contribution >= 0.6 is 0 Å². The number of carbonyl (C=O) groups excluding carboxylic acids is 1. The summed E-state index contributed by atoms with van der Waals surface area (Å²) in [6.07, 6.45) is 0. The highest BCUT2D eigenvalue weighted by molar-refractivity contribution is 5.99. The lowest BCUT2D eigenvalue weighted by Gasteiger charge is -2.12. The summed E-state index contributed by atoms with van der Waals surface area (Å²) in [5.41, 5.74) is 2.44. The van der Waals surface area contributed by atoms with E-state index < -0.39 is 40.7 Å². The second kappa shape index (κ2) is 6.39. The molecule has 128 valence electrons. The number of hydrogen-bond acceptors (Lipinski definition) is 2. The minimum absolute atomic E-state index is 0.134. The van der Waals surface area contributed by atoms with Crippen molar-refractivity contribution >= 4 is 22.4 Å². The Bertz CT molecular complexity index is 961. The van der Waals surface area contributed by atoms with Crippen molar-refractivity contribution in [2.24, 2.45) is 0 Å². The van der Waals surface area contributed by atoms with Gasteiger partial charge in [-0.25, -0.2) is 22.0 Å². The van der Waals surface area contributed by atoms with Gasteiger partial charge in [0.2, 0.25) is 5.82 Å². The average molecular weight is 352 g/mol. The zero-order valence-corrected chi connectivity index (χ0v) is 12.3. The first-order valence-corrected chi connectivity index (χ1v) is 6.96. The quantitative estimate of drug-likeness (QED) is 0.320. The molecule has 0 aliphatic rings. The van der Waals surface area contributed by atoms with Crippen molar-refractivity contribution in [2.45, 2.75) is 0 Å². The van der Waals surface area contributed by atoms with Crippen LogP contribution in [0, 0.1) is 29.1 Å². The fourth-order valence-electron chi connectivity index (χ4n) is 2.24. The van der Waals surface area contributed by atoms with Crippen LogP contribution < -0.4 is 10.9 Å². The molecule has 0 spiro atoms. The lowest BCUT2D eigenvalue weighted by Crippen LogP contribution is -2.31. The number of amides is 1. The Balaban J connectivity index is 1.85. The van der Waals surface area contributed by atoms with Crippen LogP contribution in [0.25, 0.3) is 10.8 Å². The number of carbonyl (C=O) groups is 1. The van der Waals surface area contributed by atoms with E-state index in [1.54, 1.807) is 23.6 Å². The van der Waals surface area contributed by atoms with Crippen molar-refractivity contribution in [2.75, 3.05) is 5.43 Å². The van der Waals surface area contributed by atoms with Gasteiger partial charge in [0, 0.05) is 5.56 Å². The van der Waals surface area contributed by atoms with Crippen molar-refractivity contribution in [3.8, 4) is 0 Å². The number of halogens is 5. The van der Waals surface area contributed by atoms with E-state index in [1.165, 1.54) is 12.1 Å². The van der Waals surface area contributed by atoms with Crippen LogP contribution in [0.3, 0.4) is 0 Å². The van der Waals surface area contributed by atoms with Crippen LogP contribution in [-0.4, -0.2) is 5.91 Å². The summed E-state index contributed by atoms with van der Waals surface area (Å²) in [5, 5.41) is 1.61. The molecule has 2 N–H and O–H groups in total. The van der Waals surface area contributed by atoms with Gasteiger partial charge in [-0.3, -0.25) is 15.6 Å². The first-order valence-electron chi connectivity index (χ1n) is 6.96. The zero-order valence-electron chi connectivity index (χ0n) is 12.3. The van der Waals surface area contributed by atoms with E-state index in [1.807, 2.05) is 17.6 Å². The van der Waals surface area contributed by atoms with Crippen molar-refractivity contribution in [1.29, 1.82) is 0 Å². The number of rotatable bonds is 3. The number of hydrazine groups is 1. The smallest absolute Gasteiger partial charge is 0.269 e. The third kappa shape index (κ3) is 2.98. The monoisotopic (exact) mass is 352 g/mol. The summed E-state index contributed by atoms with van der Waals surface area (Å²) < 4.78 is 66.2. The van der Waals surface area contributed by atoms with Crippen molar-refractivity contribution in [1.82, 2.24) is 5.43 Å². The molecule has 0 heterocycles. The molecule has 3 aromatic carbocycles. The predicted molar refractivity (Wildman–Crippen MR) is 81.3 cm³/mol. The normalized spacial score (nSPS) is 10.8. The van der Waals surface area contributed by atoms with Crippen LogP contribution in [0.5, 0.6) is 0 Å². The van der Waals surface area contributed by atoms with Gasteiger partial charge in [-0.15, -0.1) is 0 Å². The van der Waals surface area contributed by atoms with E-state index >= 15 is 0 Å². The van der Waals surface area contributed by atoms with E-state index in [2.05, 4.69) is 0 Å². The molecular weight excluding hydrogens is 343 g/mol. The molecule has 0 radical (unpaired) electrons. The molecule has 3 aromatic rings. The summed E-state index contributed by atoms with van der Waals surface area (Å²) in [5.74, 6) is -11.5.